The number of nitrogens with one attached hydrogen (secondary N) is 2. The fraction of sp³-hybridized carbons (Fsp3) is 0.242. The van der Waals surface area contributed by atoms with Crippen LogP contribution < -0.4 is 15.4 Å². The number of thiocarbonyl (C=S) groups is 1. The topological polar surface area (TPSA) is 42.6 Å². The van der Waals surface area contributed by atoms with E-state index in [1.165, 1.54) is 39.2 Å². The molecule has 0 spiro atoms. The van der Waals surface area contributed by atoms with Gasteiger partial charge in [-0.2, -0.15) is 0 Å². The Kier molecular flexibility index (Phi) is 7.12. The summed E-state index contributed by atoms with van der Waals surface area (Å²) in [4.78, 5) is 0.781. The molecule has 0 amide bonds. The molecule has 1 aliphatic rings. The summed E-state index contributed by atoms with van der Waals surface area (Å²) in [6.07, 6.45) is 5.65. The molecule has 0 saturated heterocycles. The number of hydrogen-bond acceptors (Lipinski definition) is 3. The molecule has 198 valence electrons. The van der Waals surface area contributed by atoms with E-state index in [0.717, 1.165) is 54.5 Å². The molecule has 6 rings (SSSR count). The van der Waals surface area contributed by atoms with E-state index in [1.807, 2.05) is 18.2 Å². The van der Waals surface area contributed by atoms with Crippen LogP contribution in [0.4, 0.5) is 5.69 Å². The van der Waals surface area contributed by atoms with Gasteiger partial charge >= 0.3 is 0 Å². The molecule has 5 aromatic rings. The molecule has 1 aliphatic heterocycles. The van der Waals surface area contributed by atoms with Crippen LogP contribution in [0.1, 0.15) is 40.9 Å². The lowest BCUT2D eigenvalue weighted by molar-refractivity contribution is 0.415. The summed E-state index contributed by atoms with van der Waals surface area (Å²) in [6, 6.07) is 27.4. The maximum absolute atomic E-state index is 6.12. The van der Waals surface area contributed by atoms with Gasteiger partial charge in [0.15, 0.2) is 0 Å². The zero-order chi connectivity index (χ0) is 26.8. The van der Waals surface area contributed by atoms with Crippen molar-refractivity contribution in [1.82, 2.24) is 14.3 Å². The standard InChI is InChI=1S/C33H34N4OS/c1-23-11-13-25(14-12-23)30-29-10-6-7-19-36-27(21-34-26-15-17-28(38-2)18-16-26)22-37(33(29)36)31(30)32(39)35-20-24-8-4-3-5-9-24/h3-5,8-9,11-18,22,34H,6-7,10,19-21H2,1-2H3,(H,35,39). The molecule has 0 radical (unpaired) electrons. The Morgan fingerprint density at radius 3 is 2.44 bits per heavy atom. The lowest BCUT2D eigenvalue weighted by atomic mass is 9.97. The SMILES string of the molecule is COc1ccc(NCc2cn3c(C(=S)NCc4ccccc4)c(-c4ccc(C)cc4)c4c3n2CCCC4)cc1. The van der Waals surface area contributed by atoms with Gasteiger partial charge in [0, 0.05) is 36.1 Å². The highest BCUT2D eigenvalue weighted by atomic mass is 32.1. The summed E-state index contributed by atoms with van der Waals surface area (Å²) in [7, 11) is 1.69. The van der Waals surface area contributed by atoms with Crippen molar-refractivity contribution in [3.8, 4) is 16.9 Å². The van der Waals surface area contributed by atoms with Crippen molar-refractivity contribution >= 4 is 28.5 Å². The van der Waals surface area contributed by atoms with Crippen molar-refractivity contribution in [3.63, 3.8) is 0 Å². The fourth-order valence-electron chi connectivity index (χ4n) is 5.62. The average Bonchev–Trinajstić information content (AvgIpc) is 3.37. The Hall–Kier alpha value is -4.03. The number of hydrogen-bond donors (Lipinski definition) is 2. The number of rotatable bonds is 8. The van der Waals surface area contributed by atoms with Crippen LogP contribution in [0.2, 0.25) is 0 Å². The van der Waals surface area contributed by atoms with Gasteiger partial charge in [0.25, 0.3) is 0 Å². The van der Waals surface area contributed by atoms with Gasteiger partial charge in [0.1, 0.15) is 16.4 Å². The molecule has 2 N–H and O–H groups in total. The van der Waals surface area contributed by atoms with Crippen LogP contribution >= 0.6 is 12.2 Å². The first-order valence-electron chi connectivity index (χ1n) is 13.6. The molecule has 0 fully saturated rings. The summed E-state index contributed by atoms with van der Waals surface area (Å²) in [5, 5.41) is 7.19. The Morgan fingerprint density at radius 1 is 0.923 bits per heavy atom. The zero-order valence-corrected chi connectivity index (χ0v) is 23.4. The normalized spacial score (nSPS) is 12.8. The molecule has 0 bridgehead atoms. The van der Waals surface area contributed by atoms with E-state index in [-0.39, 0.29) is 0 Å². The van der Waals surface area contributed by atoms with E-state index >= 15 is 0 Å². The van der Waals surface area contributed by atoms with Crippen molar-refractivity contribution < 1.29 is 4.74 Å². The smallest absolute Gasteiger partial charge is 0.124 e. The quantitative estimate of drug-likeness (QED) is 0.208. The number of nitrogens with zero attached hydrogens (tertiary/aromatic N) is 2. The summed E-state index contributed by atoms with van der Waals surface area (Å²) < 4.78 is 10.2. The second-order valence-corrected chi connectivity index (χ2v) is 10.6. The van der Waals surface area contributed by atoms with E-state index in [9.17, 15) is 0 Å². The van der Waals surface area contributed by atoms with Crippen LogP contribution in [0.5, 0.6) is 5.75 Å². The molecule has 5 nitrogen and oxygen atoms in total. The van der Waals surface area contributed by atoms with Crippen LogP contribution in [0.25, 0.3) is 16.8 Å². The second-order valence-electron chi connectivity index (χ2n) is 10.2. The lowest BCUT2D eigenvalue weighted by Gasteiger charge is -2.13. The number of methoxy groups -OCH3 is 1. The largest absolute Gasteiger partial charge is 0.497 e. The fourth-order valence-corrected chi connectivity index (χ4v) is 5.89. The number of ether oxygens (including phenoxy) is 1. The van der Waals surface area contributed by atoms with Gasteiger partial charge in [-0.1, -0.05) is 72.4 Å². The van der Waals surface area contributed by atoms with Crippen LogP contribution in [0.15, 0.2) is 85.1 Å². The average molecular weight is 535 g/mol. The number of imidazole rings is 1. The summed E-state index contributed by atoms with van der Waals surface area (Å²) in [5.41, 5.74) is 11.0. The highest BCUT2D eigenvalue weighted by Gasteiger charge is 2.27. The van der Waals surface area contributed by atoms with E-state index in [1.54, 1.807) is 7.11 Å². The van der Waals surface area contributed by atoms with Crippen LogP contribution in [0.3, 0.4) is 0 Å². The first-order valence-corrected chi connectivity index (χ1v) is 14.1. The molecule has 39 heavy (non-hydrogen) atoms. The minimum atomic E-state index is 0.697. The van der Waals surface area contributed by atoms with Crippen molar-refractivity contribution in [2.75, 3.05) is 12.4 Å². The van der Waals surface area contributed by atoms with Crippen molar-refractivity contribution in [3.05, 3.63) is 113 Å². The minimum absolute atomic E-state index is 0.697. The number of aryl methyl sites for hydroxylation is 3. The Morgan fingerprint density at radius 2 is 1.69 bits per heavy atom. The zero-order valence-electron chi connectivity index (χ0n) is 22.5. The highest BCUT2D eigenvalue weighted by Crippen LogP contribution is 2.38. The van der Waals surface area contributed by atoms with E-state index < -0.39 is 0 Å². The van der Waals surface area contributed by atoms with Gasteiger partial charge < -0.3 is 19.9 Å². The Balaban J connectivity index is 1.42. The van der Waals surface area contributed by atoms with E-state index in [4.69, 9.17) is 17.0 Å². The third kappa shape index (κ3) is 5.04. The molecule has 0 aliphatic carbocycles. The monoisotopic (exact) mass is 534 g/mol. The molecular weight excluding hydrogens is 500 g/mol. The molecule has 6 heteroatoms. The summed E-state index contributed by atoms with van der Waals surface area (Å²) in [6.45, 7) is 4.57. The van der Waals surface area contributed by atoms with Crippen LogP contribution in [-0.2, 0) is 26.1 Å². The number of anilines is 1. The number of aromatic nitrogens is 2. The van der Waals surface area contributed by atoms with Gasteiger partial charge in [-0.05, 0) is 61.6 Å². The second kappa shape index (κ2) is 11.0. The van der Waals surface area contributed by atoms with Gasteiger partial charge in [-0.15, -0.1) is 0 Å². The lowest BCUT2D eigenvalue weighted by Crippen LogP contribution is -2.23. The number of benzene rings is 3. The molecule has 2 aromatic heterocycles. The predicted molar refractivity (Wildman–Crippen MR) is 164 cm³/mol. The van der Waals surface area contributed by atoms with Crippen LogP contribution in [0, 0.1) is 6.92 Å². The van der Waals surface area contributed by atoms with Crippen LogP contribution in [-0.4, -0.2) is 21.1 Å². The first-order chi connectivity index (χ1) is 19.1. The van der Waals surface area contributed by atoms with Gasteiger partial charge in [0.05, 0.1) is 25.0 Å². The van der Waals surface area contributed by atoms with Crippen molar-refractivity contribution in [2.45, 2.75) is 45.8 Å². The van der Waals surface area contributed by atoms with Crippen molar-refractivity contribution in [1.29, 1.82) is 0 Å². The molecular formula is C33H34N4OS. The van der Waals surface area contributed by atoms with Gasteiger partial charge in [-0.25, -0.2) is 0 Å². The Bertz CT molecular complexity index is 1600. The van der Waals surface area contributed by atoms with Crippen molar-refractivity contribution in [2.24, 2.45) is 0 Å². The maximum atomic E-state index is 6.12. The third-order valence-corrected chi connectivity index (χ3v) is 7.97. The van der Waals surface area contributed by atoms with Gasteiger partial charge in [-0.3, -0.25) is 4.40 Å². The molecule has 3 aromatic carbocycles. The minimum Gasteiger partial charge on any atom is -0.497 e. The predicted octanol–water partition coefficient (Wildman–Crippen LogP) is 7.14. The molecule has 0 unspecified atom stereocenters. The molecule has 0 saturated carbocycles. The van der Waals surface area contributed by atoms with E-state index in [2.05, 4.69) is 93.4 Å². The van der Waals surface area contributed by atoms with Gasteiger partial charge in [0.2, 0.25) is 0 Å². The highest BCUT2D eigenvalue weighted by molar-refractivity contribution is 7.80. The molecule has 0 atom stereocenters. The summed E-state index contributed by atoms with van der Waals surface area (Å²) in [5.74, 6) is 0.860. The maximum Gasteiger partial charge on any atom is 0.124 e. The Labute approximate surface area is 235 Å². The first kappa shape index (κ1) is 25.3. The summed E-state index contributed by atoms with van der Waals surface area (Å²) >= 11 is 6.12. The molecule has 3 heterocycles. The van der Waals surface area contributed by atoms with E-state index in [0.29, 0.717) is 6.54 Å². The third-order valence-electron chi connectivity index (χ3n) is 7.63.